The Labute approximate surface area is 141 Å². The lowest BCUT2D eigenvalue weighted by molar-refractivity contribution is -0.150. The van der Waals surface area contributed by atoms with Crippen molar-refractivity contribution < 1.29 is 22.7 Å². The maximum atomic E-state index is 12.4. The summed E-state index contributed by atoms with van der Waals surface area (Å²) in [6.07, 6.45) is 1.96. The average molecular weight is 352 g/mol. The predicted octanol–water partition coefficient (Wildman–Crippen LogP) is 1.30. The number of nitrogens with zero attached hydrogens (tertiary/aromatic N) is 1. The molecule has 130 valence electrons. The highest BCUT2D eigenvalue weighted by atomic mass is 32.2. The molecule has 24 heavy (non-hydrogen) atoms. The summed E-state index contributed by atoms with van der Waals surface area (Å²) < 4.78 is 32.0. The van der Waals surface area contributed by atoms with E-state index in [0.29, 0.717) is 12.1 Å². The number of hydrogen-bond donors (Lipinski definition) is 1. The van der Waals surface area contributed by atoms with Gasteiger partial charge >= 0.3 is 5.97 Å². The fourth-order valence-electron chi connectivity index (χ4n) is 2.46. The number of esters is 1. The third kappa shape index (κ3) is 3.94. The first kappa shape index (κ1) is 18.0. The number of carbonyl (C=O) groups is 2. The summed E-state index contributed by atoms with van der Waals surface area (Å²) in [4.78, 5) is 24.8. The minimum absolute atomic E-state index is 0.137. The predicted molar refractivity (Wildman–Crippen MR) is 87.1 cm³/mol. The van der Waals surface area contributed by atoms with E-state index >= 15 is 0 Å². The summed E-state index contributed by atoms with van der Waals surface area (Å²) in [5.41, 5.74) is 1.31. The zero-order valence-electron chi connectivity index (χ0n) is 13.8. The van der Waals surface area contributed by atoms with Crippen LogP contribution < -0.4 is 4.72 Å². The fourth-order valence-corrected chi connectivity index (χ4v) is 3.57. The number of methoxy groups -OCH3 is 1. The second kappa shape index (κ2) is 7.04. The molecule has 1 aromatic rings. The highest BCUT2D eigenvalue weighted by molar-refractivity contribution is 7.89. The zero-order valence-corrected chi connectivity index (χ0v) is 14.6. The molecule has 2 rings (SSSR count). The summed E-state index contributed by atoms with van der Waals surface area (Å²) in [6, 6.07) is 5.71. The Hall–Kier alpha value is -2.35. The van der Waals surface area contributed by atoms with Crippen LogP contribution in [0.25, 0.3) is 0 Å². The van der Waals surface area contributed by atoms with E-state index in [1.807, 2.05) is 6.92 Å². The highest BCUT2D eigenvalue weighted by Gasteiger charge is 2.32. The summed E-state index contributed by atoms with van der Waals surface area (Å²) in [6.45, 7) is 3.18. The van der Waals surface area contributed by atoms with Crippen molar-refractivity contribution in [3.8, 4) is 0 Å². The summed E-state index contributed by atoms with van der Waals surface area (Å²) in [5.74, 6) is -0.890. The van der Waals surface area contributed by atoms with Gasteiger partial charge in [-0.25, -0.2) is 13.2 Å². The number of carbonyl (C=O) groups excluding carboxylic acids is 2. The van der Waals surface area contributed by atoms with Gasteiger partial charge in [-0.05, 0) is 31.9 Å². The van der Waals surface area contributed by atoms with Crippen LogP contribution in [0.5, 0.6) is 0 Å². The number of ether oxygens (including phenoxy) is 1. The molecule has 0 radical (unpaired) electrons. The van der Waals surface area contributed by atoms with Crippen LogP contribution in [0.1, 0.15) is 25.3 Å². The third-order valence-corrected chi connectivity index (χ3v) is 5.18. The summed E-state index contributed by atoms with van der Waals surface area (Å²) in [5, 5.41) is 0. The smallest absolute Gasteiger partial charge is 0.328 e. The Morgan fingerprint density at radius 2 is 1.88 bits per heavy atom. The van der Waals surface area contributed by atoms with Crippen LogP contribution in [0.15, 0.2) is 41.1 Å². The van der Waals surface area contributed by atoms with E-state index in [1.54, 1.807) is 12.1 Å². The van der Waals surface area contributed by atoms with Crippen LogP contribution in [0, 0.1) is 6.92 Å². The molecular formula is C16H20N2O5S. The second-order valence-corrected chi connectivity index (χ2v) is 7.26. The van der Waals surface area contributed by atoms with Gasteiger partial charge in [0, 0.05) is 18.8 Å². The van der Waals surface area contributed by atoms with Gasteiger partial charge in [-0.1, -0.05) is 17.7 Å². The van der Waals surface area contributed by atoms with E-state index < -0.39 is 22.0 Å². The van der Waals surface area contributed by atoms with Gasteiger partial charge in [-0.2, -0.15) is 0 Å². The van der Waals surface area contributed by atoms with Crippen molar-refractivity contribution >= 4 is 21.9 Å². The highest BCUT2D eigenvalue weighted by Crippen LogP contribution is 2.22. The van der Waals surface area contributed by atoms with E-state index in [0.717, 1.165) is 5.56 Å². The standard InChI is InChI=1S/C16H20N2O5S/c1-11-4-7-14(8-5-11)24(21,22)17-13-6-9-15(16(20)23-3)18(10-13)12(2)19/h4-5,7-8,10,15,17H,6,9H2,1-3H3. The summed E-state index contributed by atoms with van der Waals surface area (Å²) in [7, 11) is -2.49. The molecule has 1 aromatic carbocycles. The molecule has 1 N–H and O–H groups in total. The van der Waals surface area contributed by atoms with Gasteiger partial charge in [0.25, 0.3) is 10.0 Å². The van der Waals surface area contributed by atoms with Crippen molar-refractivity contribution in [1.29, 1.82) is 0 Å². The van der Waals surface area contributed by atoms with E-state index in [4.69, 9.17) is 0 Å². The lowest BCUT2D eigenvalue weighted by Crippen LogP contribution is -2.45. The minimum Gasteiger partial charge on any atom is -0.467 e. The molecule has 1 heterocycles. The first-order chi connectivity index (χ1) is 11.2. The third-order valence-electron chi connectivity index (χ3n) is 3.75. The van der Waals surface area contributed by atoms with Gasteiger partial charge < -0.3 is 9.64 Å². The monoisotopic (exact) mass is 352 g/mol. The van der Waals surface area contributed by atoms with Crippen LogP contribution in [0.3, 0.4) is 0 Å². The molecule has 0 saturated carbocycles. The lowest BCUT2D eigenvalue weighted by Gasteiger charge is -2.31. The molecule has 7 nitrogen and oxygen atoms in total. The van der Waals surface area contributed by atoms with Crippen LogP contribution in [0.4, 0.5) is 0 Å². The lowest BCUT2D eigenvalue weighted by atomic mass is 10.0. The van der Waals surface area contributed by atoms with Crippen molar-refractivity contribution in [2.75, 3.05) is 7.11 Å². The van der Waals surface area contributed by atoms with Crippen molar-refractivity contribution in [2.45, 2.75) is 37.6 Å². The van der Waals surface area contributed by atoms with Crippen LogP contribution in [-0.4, -0.2) is 38.3 Å². The molecule has 1 atom stereocenters. The van der Waals surface area contributed by atoms with Crippen LogP contribution >= 0.6 is 0 Å². The van der Waals surface area contributed by atoms with Gasteiger partial charge in [0.05, 0.1) is 12.0 Å². The molecular weight excluding hydrogens is 332 g/mol. The molecule has 0 fully saturated rings. The van der Waals surface area contributed by atoms with Gasteiger partial charge in [-0.15, -0.1) is 0 Å². The Bertz CT molecular complexity index is 768. The quantitative estimate of drug-likeness (QED) is 0.825. The van der Waals surface area contributed by atoms with Gasteiger partial charge in [-0.3, -0.25) is 9.52 Å². The Balaban J connectivity index is 2.24. The van der Waals surface area contributed by atoms with Crippen molar-refractivity contribution in [2.24, 2.45) is 0 Å². The molecule has 0 spiro atoms. The number of allylic oxidation sites excluding steroid dienone is 1. The number of sulfonamides is 1. The van der Waals surface area contributed by atoms with Gasteiger partial charge in [0.1, 0.15) is 6.04 Å². The normalized spacial score (nSPS) is 17.9. The Morgan fingerprint density at radius 1 is 1.25 bits per heavy atom. The molecule has 0 saturated heterocycles. The maximum absolute atomic E-state index is 12.4. The molecule has 1 unspecified atom stereocenters. The molecule has 8 heteroatoms. The Morgan fingerprint density at radius 3 is 2.42 bits per heavy atom. The molecule has 0 aromatic heterocycles. The van der Waals surface area contributed by atoms with Gasteiger partial charge in [0.15, 0.2) is 0 Å². The molecule has 1 aliphatic rings. The van der Waals surface area contributed by atoms with Crippen molar-refractivity contribution in [1.82, 2.24) is 9.62 Å². The minimum atomic E-state index is -3.74. The van der Waals surface area contributed by atoms with E-state index in [1.165, 1.54) is 37.3 Å². The Kier molecular flexibility index (Phi) is 5.28. The van der Waals surface area contributed by atoms with Gasteiger partial charge in [0.2, 0.25) is 5.91 Å². The summed E-state index contributed by atoms with van der Waals surface area (Å²) >= 11 is 0. The number of rotatable bonds is 4. The number of aryl methyl sites for hydroxylation is 1. The van der Waals surface area contributed by atoms with Crippen LogP contribution in [0.2, 0.25) is 0 Å². The number of hydrogen-bond acceptors (Lipinski definition) is 5. The van der Waals surface area contributed by atoms with Crippen LogP contribution in [-0.2, 0) is 24.3 Å². The van der Waals surface area contributed by atoms with Crippen molar-refractivity contribution in [3.63, 3.8) is 0 Å². The zero-order chi connectivity index (χ0) is 17.9. The first-order valence-corrected chi connectivity index (χ1v) is 8.90. The SMILES string of the molecule is COC(=O)C1CCC(NS(=O)(=O)c2ccc(C)cc2)=CN1C(C)=O. The largest absolute Gasteiger partial charge is 0.467 e. The first-order valence-electron chi connectivity index (χ1n) is 7.41. The number of amides is 1. The molecule has 0 bridgehead atoms. The topological polar surface area (TPSA) is 92.8 Å². The maximum Gasteiger partial charge on any atom is 0.328 e. The molecule has 1 aliphatic heterocycles. The van der Waals surface area contributed by atoms with E-state index in [9.17, 15) is 18.0 Å². The number of benzene rings is 1. The second-order valence-electron chi connectivity index (χ2n) is 5.58. The van der Waals surface area contributed by atoms with E-state index in [2.05, 4.69) is 9.46 Å². The number of nitrogens with one attached hydrogen (secondary N) is 1. The average Bonchev–Trinajstić information content (AvgIpc) is 2.54. The van der Waals surface area contributed by atoms with Crippen molar-refractivity contribution in [3.05, 3.63) is 41.7 Å². The molecule has 1 amide bonds. The fraction of sp³-hybridized carbons (Fsp3) is 0.375. The molecule has 0 aliphatic carbocycles. The van der Waals surface area contributed by atoms with E-state index in [-0.39, 0.29) is 17.2 Å².